The van der Waals surface area contributed by atoms with E-state index in [2.05, 4.69) is 0 Å². The van der Waals surface area contributed by atoms with Crippen molar-refractivity contribution in [2.45, 2.75) is 16.8 Å². The van der Waals surface area contributed by atoms with Crippen molar-refractivity contribution in [2.75, 3.05) is 0 Å². The molecule has 2 aromatic rings. The highest BCUT2D eigenvalue weighted by Crippen LogP contribution is 2.29. The third kappa shape index (κ3) is 3.91. The molecule has 0 saturated carbocycles. The predicted octanol–water partition coefficient (Wildman–Crippen LogP) is 4.67. The molecule has 2 aromatic carbocycles. The molecule has 6 heteroatoms. The summed E-state index contributed by atoms with van der Waals surface area (Å²) in [6.45, 7) is 0. The second kappa shape index (κ2) is 6.08. The van der Waals surface area contributed by atoms with Crippen LogP contribution in [0, 0.1) is 0 Å². The zero-order chi connectivity index (χ0) is 14.8. The minimum Gasteiger partial charge on any atom is -0.611 e. The van der Waals surface area contributed by atoms with E-state index in [0.29, 0.717) is 15.5 Å². The zero-order valence-corrected chi connectivity index (χ0v) is 11.7. The summed E-state index contributed by atoms with van der Waals surface area (Å²) in [5, 5.41) is 0.542. The molecular weight excluding hydrogens is 309 g/mol. The highest BCUT2D eigenvalue weighted by Gasteiger charge is 2.30. The van der Waals surface area contributed by atoms with Crippen LogP contribution in [0.15, 0.2) is 53.4 Å². The van der Waals surface area contributed by atoms with Crippen LogP contribution in [0.5, 0.6) is 0 Å². The summed E-state index contributed by atoms with van der Waals surface area (Å²) in [7, 11) is 0. The number of rotatable bonds is 3. The minimum atomic E-state index is -4.35. The predicted molar refractivity (Wildman–Crippen MR) is 73.0 cm³/mol. The summed E-state index contributed by atoms with van der Waals surface area (Å²) in [5.41, 5.74) is -0.121. The fourth-order valence-electron chi connectivity index (χ4n) is 1.61. The molecule has 0 amide bonds. The average molecular weight is 319 g/mol. The van der Waals surface area contributed by atoms with Gasteiger partial charge in [0.05, 0.1) is 5.56 Å². The SMILES string of the molecule is [O-][S+](Cc1ccc(C(F)(F)F)cc1)c1ccc(Cl)cc1. The Bertz CT molecular complexity index is 566. The highest BCUT2D eigenvalue weighted by molar-refractivity contribution is 7.90. The first-order valence-corrected chi connectivity index (χ1v) is 7.36. The Morgan fingerprint density at radius 2 is 1.50 bits per heavy atom. The first kappa shape index (κ1) is 15.2. The molecule has 0 aromatic heterocycles. The second-order valence-corrected chi connectivity index (χ2v) is 6.03. The fraction of sp³-hybridized carbons (Fsp3) is 0.143. The van der Waals surface area contributed by atoms with E-state index >= 15 is 0 Å². The van der Waals surface area contributed by atoms with E-state index in [1.807, 2.05) is 0 Å². The van der Waals surface area contributed by atoms with E-state index in [9.17, 15) is 17.7 Å². The van der Waals surface area contributed by atoms with Gasteiger partial charge in [-0.3, -0.25) is 0 Å². The van der Waals surface area contributed by atoms with Gasteiger partial charge in [-0.1, -0.05) is 23.7 Å². The lowest BCUT2D eigenvalue weighted by Crippen LogP contribution is -2.07. The second-order valence-electron chi connectivity index (χ2n) is 4.14. The van der Waals surface area contributed by atoms with Crippen molar-refractivity contribution >= 4 is 22.8 Å². The highest BCUT2D eigenvalue weighted by atomic mass is 35.5. The maximum Gasteiger partial charge on any atom is 0.416 e. The van der Waals surface area contributed by atoms with Gasteiger partial charge in [-0.25, -0.2) is 0 Å². The van der Waals surface area contributed by atoms with Crippen LogP contribution in [-0.2, 0) is 23.1 Å². The molecule has 1 atom stereocenters. The molecule has 0 heterocycles. The Morgan fingerprint density at radius 1 is 0.950 bits per heavy atom. The number of alkyl halides is 3. The van der Waals surface area contributed by atoms with Gasteiger partial charge in [0.15, 0.2) is 4.90 Å². The Balaban J connectivity index is 2.08. The third-order valence-corrected chi connectivity index (χ3v) is 4.30. The van der Waals surface area contributed by atoms with E-state index < -0.39 is 22.9 Å². The number of hydrogen-bond donors (Lipinski definition) is 0. The fourth-order valence-corrected chi connectivity index (χ4v) is 2.84. The van der Waals surface area contributed by atoms with Crippen LogP contribution in [0.1, 0.15) is 11.1 Å². The van der Waals surface area contributed by atoms with E-state index in [1.54, 1.807) is 24.3 Å². The van der Waals surface area contributed by atoms with Crippen molar-refractivity contribution in [2.24, 2.45) is 0 Å². The topological polar surface area (TPSA) is 23.1 Å². The summed E-state index contributed by atoms with van der Waals surface area (Å²) in [6.07, 6.45) is -4.35. The van der Waals surface area contributed by atoms with Gasteiger partial charge in [0.25, 0.3) is 0 Å². The molecule has 0 N–H and O–H groups in total. The molecule has 0 aliphatic carbocycles. The van der Waals surface area contributed by atoms with E-state index in [0.717, 1.165) is 12.1 Å². The number of halogens is 4. The summed E-state index contributed by atoms with van der Waals surface area (Å²) < 4.78 is 49.3. The molecule has 0 bridgehead atoms. The van der Waals surface area contributed by atoms with Crippen molar-refractivity contribution < 1.29 is 17.7 Å². The third-order valence-electron chi connectivity index (χ3n) is 2.66. The lowest BCUT2D eigenvalue weighted by molar-refractivity contribution is -0.137. The smallest absolute Gasteiger partial charge is 0.416 e. The molecule has 20 heavy (non-hydrogen) atoms. The van der Waals surface area contributed by atoms with Gasteiger partial charge >= 0.3 is 6.18 Å². The largest absolute Gasteiger partial charge is 0.611 e. The summed E-state index contributed by atoms with van der Waals surface area (Å²) in [5.74, 6) is 0.166. The van der Waals surface area contributed by atoms with Gasteiger partial charge in [0.2, 0.25) is 0 Å². The molecule has 0 spiro atoms. The molecule has 0 aliphatic rings. The molecule has 0 fully saturated rings. The average Bonchev–Trinajstić information content (AvgIpc) is 2.39. The summed E-state index contributed by atoms with van der Waals surface area (Å²) in [4.78, 5) is 0.592. The van der Waals surface area contributed by atoms with Crippen LogP contribution in [0.4, 0.5) is 13.2 Å². The van der Waals surface area contributed by atoms with Gasteiger partial charge in [-0.05, 0) is 47.6 Å². The van der Waals surface area contributed by atoms with Crippen LogP contribution < -0.4 is 0 Å². The lowest BCUT2D eigenvalue weighted by Gasteiger charge is -2.11. The maximum absolute atomic E-state index is 12.4. The number of benzene rings is 2. The normalized spacial score (nSPS) is 13.2. The van der Waals surface area contributed by atoms with Crippen molar-refractivity contribution in [3.8, 4) is 0 Å². The molecule has 1 nitrogen and oxygen atoms in total. The van der Waals surface area contributed by atoms with Gasteiger partial charge in [0.1, 0.15) is 5.75 Å². The molecule has 106 valence electrons. The van der Waals surface area contributed by atoms with Crippen molar-refractivity contribution in [3.05, 3.63) is 64.7 Å². The molecule has 0 saturated heterocycles. The van der Waals surface area contributed by atoms with E-state index in [4.69, 9.17) is 11.6 Å². The Labute approximate surface area is 122 Å². The molecule has 0 aliphatic heterocycles. The van der Waals surface area contributed by atoms with Crippen molar-refractivity contribution in [3.63, 3.8) is 0 Å². The van der Waals surface area contributed by atoms with E-state index in [-0.39, 0.29) is 5.75 Å². The molecule has 1 unspecified atom stereocenters. The standard InChI is InChI=1S/C14H10ClF3OS/c15-12-5-7-13(8-6-12)20(19)9-10-1-3-11(4-2-10)14(16,17)18/h1-8H,9H2. The van der Waals surface area contributed by atoms with Gasteiger partial charge in [0, 0.05) is 10.6 Å². The van der Waals surface area contributed by atoms with Gasteiger partial charge in [-0.2, -0.15) is 13.2 Å². The van der Waals surface area contributed by atoms with Crippen LogP contribution >= 0.6 is 11.6 Å². The first-order chi connectivity index (χ1) is 9.36. The Morgan fingerprint density at radius 3 is 2.00 bits per heavy atom. The van der Waals surface area contributed by atoms with Crippen LogP contribution in [0.3, 0.4) is 0 Å². The van der Waals surface area contributed by atoms with Crippen LogP contribution in [0.2, 0.25) is 5.02 Å². The Kier molecular flexibility index (Phi) is 4.62. The summed E-state index contributed by atoms with van der Waals surface area (Å²) >= 11 is 4.42. The maximum atomic E-state index is 12.4. The first-order valence-electron chi connectivity index (χ1n) is 5.66. The molecule has 0 radical (unpaired) electrons. The van der Waals surface area contributed by atoms with Gasteiger partial charge < -0.3 is 4.55 Å². The Hall–Kier alpha value is -1.17. The minimum absolute atomic E-state index is 0.166. The van der Waals surface area contributed by atoms with Crippen LogP contribution in [-0.4, -0.2) is 4.55 Å². The summed E-state index contributed by atoms with van der Waals surface area (Å²) in [6, 6.07) is 11.2. The molecule has 2 rings (SSSR count). The van der Waals surface area contributed by atoms with Crippen LogP contribution in [0.25, 0.3) is 0 Å². The van der Waals surface area contributed by atoms with Crippen molar-refractivity contribution in [1.82, 2.24) is 0 Å². The monoisotopic (exact) mass is 318 g/mol. The quantitative estimate of drug-likeness (QED) is 0.754. The lowest BCUT2D eigenvalue weighted by atomic mass is 10.1. The zero-order valence-electron chi connectivity index (χ0n) is 10.2. The van der Waals surface area contributed by atoms with E-state index in [1.165, 1.54) is 12.1 Å². The van der Waals surface area contributed by atoms with Crippen molar-refractivity contribution in [1.29, 1.82) is 0 Å². The molecular formula is C14H10ClF3OS. The number of hydrogen-bond acceptors (Lipinski definition) is 1. The van der Waals surface area contributed by atoms with Gasteiger partial charge in [-0.15, -0.1) is 0 Å².